The number of rotatable bonds is 9. The van der Waals surface area contributed by atoms with Crippen LogP contribution in [0.1, 0.15) is 41.5 Å². The molecule has 226 valence electrons. The minimum atomic E-state index is -1.04. The molecule has 1 N–H and O–H groups in total. The lowest BCUT2D eigenvalue weighted by atomic mass is 9.62. The third-order valence-corrected chi connectivity index (χ3v) is 9.56. The Hall–Kier alpha value is -4.58. The second kappa shape index (κ2) is 13.0. The normalized spacial score (nSPS) is 20.5. The van der Waals surface area contributed by atoms with Crippen molar-refractivity contribution in [2.24, 2.45) is 11.8 Å². The molecule has 2 aliphatic carbocycles. The van der Waals surface area contributed by atoms with Gasteiger partial charge in [0, 0.05) is 12.6 Å². The van der Waals surface area contributed by atoms with Crippen molar-refractivity contribution in [1.82, 2.24) is 4.90 Å². The van der Waals surface area contributed by atoms with Gasteiger partial charge in [-0.2, -0.15) is 0 Å². The first-order chi connectivity index (χ1) is 21.5. The molecule has 0 aliphatic heterocycles. The molecule has 0 saturated heterocycles. The Labute approximate surface area is 260 Å². The van der Waals surface area contributed by atoms with E-state index < -0.39 is 5.54 Å². The van der Waals surface area contributed by atoms with Crippen LogP contribution in [-0.2, 0) is 35.4 Å². The molecule has 0 heterocycles. The van der Waals surface area contributed by atoms with Crippen molar-refractivity contribution >= 4 is 17.5 Å². The lowest BCUT2D eigenvalue weighted by Crippen LogP contribution is -2.62. The number of amides is 2. The van der Waals surface area contributed by atoms with E-state index in [2.05, 4.69) is 29.6 Å². The maximum atomic E-state index is 14.8. The first kappa shape index (κ1) is 29.5. The van der Waals surface area contributed by atoms with Crippen LogP contribution in [0.15, 0.2) is 103 Å². The number of anilines is 1. The summed E-state index contributed by atoms with van der Waals surface area (Å²) in [6, 6.07) is 33.9. The molecule has 6 nitrogen and oxygen atoms in total. The number of fused-ring (bicyclic) bond motifs is 2. The Bertz CT molecular complexity index is 1610. The van der Waals surface area contributed by atoms with Crippen molar-refractivity contribution in [3.8, 4) is 11.5 Å². The molecule has 44 heavy (non-hydrogen) atoms. The summed E-state index contributed by atoms with van der Waals surface area (Å²) in [5.41, 5.74) is 4.22. The average molecular weight is 589 g/mol. The van der Waals surface area contributed by atoms with E-state index in [-0.39, 0.29) is 24.2 Å². The van der Waals surface area contributed by atoms with Crippen molar-refractivity contribution in [3.63, 3.8) is 0 Å². The Morgan fingerprint density at radius 3 is 2.09 bits per heavy atom. The third-order valence-electron chi connectivity index (χ3n) is 9.56. The van der Waals surface area contributed by atoms with E-state index in [0.29, 0.717) is 42.5 Å². The molecule has 1 saturated carbocycles. The number of hydrogen-bond acceptors (Lipinski definition) is 4. The zero-order chi connectivity index (χ0) is 30.5. The number of carbonyl (C=O) groups excluding carboxylic acids is 2. The highest BCUT2D eigenvalue weighted by Crippen LogP contribution is 2.47. The second-order valence-corrected chi connectivity index (χ2v) is 12.1. The van der Waals surface area contributed by atoms with Crippen molar-refractivity contribution in [3.05, 3.63) is 125 Å². The van der Waals surface area contributed by atoms with Gasteiger partial charge in [-0.05, 0) is 78.3 Å². The second-order valence-electron chi connectivity index (χ2n) is 12.1. The summed E-state index contributed by atoms with van der Waals surface area (Å²) in [7, 11) is 3.18. The van der Waals surface area contributed by atoms with Crippen LogP contribution in [0.25, 0.3) is 0 Å². The molecule has 2 aliphatic rings. The quantitative estimate of drug-likeness (QED) is 0.232. The van der Waals surface area contributed by atoms with E-state index in [1.165, 1.54) is 11.1 Å². The fourth-order valence-corrected chi connectivity index (χ4v) is 7.22. The van der Waals surface area contributed by atoms with Crippen molar-refractivity contribution in [2.45, 2.75) is 50.6 Å². The first-order valence-corrected chi connectivity index (χ1v) is 15.5. The van der Waals surface area contributed by atoms with Gasteiger partial charge in [-0.1, -0.05) is 84.9 Å². The van der Waals surface area contributed by atoms with Gasteiger partial charge in [0.2, 0.25) is 11.8 Å². The van der Waals surface area contributed by atoms with Crippen LogP contribution in [0.3, 0.4) is 0 Å². The topological polar surface area (TPSA) is 67.9 Å². The van der Waals surface area contributed by atoms with Crippen molar-refractivity contribution < 1.29 is 19.1 Å². The van der Waals surface area contributed by atoms with Crippen LogP contribution in [0.2, 0.25) is 0 Å². The number of carbonyl (C=O) groups is 2. The number of nitrogens with one attached hydrogen (secondary N) is 1. The highest BCUT2D eigenvalue weighted by Gasteiger charge is 2.52. The molecule has 1 fully saturated rings. The predicted molar refractivity (Wildman–Crippen MR) is 173 cm³/mol. The summed E-state index contributed by atoms with van der Waals surface area (Å²) in [5, 5.41) is 3.21. The first-order valence-electron chi connectivity index (χ1n) is 15.5. The monoisotopic (exact) mass is 588 g/mol. The molecule has 6 rings (SSSR count). The van der Waals surface area contributed by atoms with Crippen LogP contribution in [-0.4, -0.2) is 36.5 Å². The minimum Gasteiger partial charge on any atom is -0.497 e. The molecule has 0 aromatic heterocycles. The van der Waals surface area contributed by atoms with Crippen LogP contribution in [0, 0.1) is 11.8 Å². The molecule has 0 radical (unpaired) electrons. The van der Waals surface area contributed by atoms with E-state index >= 15 is 0 Å². The van der Waals surface area contributed by atoms with Gasteiger partial charge in [0.05, 0.1) is 26.3 Å². The SMILES string of the molecule is COc1ccc(NC(=O)[C@@]2(N(Cc3ccccc3)C(=O)Cc3ccccc3)CC[C@@H]3Cc4ccccc4C[C@H]3C2)c(OC)c1. The largest absolute Gasteiger partial charge is 0.497 e. The zero-order valence-corrected chi connectivity index (χ0v) is 25.5. The summed E-state index contributed by atoms with van der Waals surface area (Å²) >= 11 is 0. The molecule has 0 unspecified atom stereocenters. The van der Waals surface area contributed by atoms with Crippen molar-refractivity contribution in [1.29, 1.82) is 0 Å². The fraction of sp³-hybridized carbons (Fsp3) is 0.316. The molecule has 6 heteroatoms. The Morgan fingerprint density at radius 2 is 1.43 bits per heavy atom. The molecule has 4 aromatic rings. The number of ether oxygens (including phenoxy) is 2. The predicted octanol–water partition coefficient (Wildman–Crippen LogP) is 6.87. The summed E-state index contributed by atoms with van der Waals surface area (Å²) in [6.45, 7) is 0.355. The Balaban J connectivity index is 1.41. The van der Waals surface area contributed by atoms with Gasteiger partial charge in [-0.25, -0.2) is 0 Å². The highest BCUT2D eigenvalue weighted by molar-refractivity contribution is 6.02. The maximum absolute atomic E-state index is 14.8. The fourth-order valence-electron chi connectivity index (χ4n) is 7.22. The van der Waals surface area contributed by atoms with Crippen molar-refractivity contribution in [2.75, 3.05) is 19.5 Å². The van der Waals surface area contributed by atoms with Gasteiger partial charge in [0.15, 0.2) is 0 Å². The van der Waals surface area contributed by atoms with Gasteiger partial charge in [-0.15, -0.1) is 0 Å². The van der Waals surface area contributed by atoms with Crippen LogP contribution < -0.4 is 14.8 Å². The summed E-state index contributed by atoms with van der Waals surface area (Å²) < 4.78 is 11.0. The van der Waals surface area contributed by atoms with Gasteiger partial charge < -0.3 is 19.7 Å². The Kier molecular flexibility index (Phi) is 8.69. The standard InChI is InChI=1S/C38H40N2O4/c1-43-33-17-18-34(35(24-33)44-2)39-37(42)38(20-19-31-22-29-15-9-10-16-30(29)23-32(31)25-38)40(26-28-13-7-4-8-14-28)36(41)21-27-11-5-3-6-12-27/h3-18,24,31-32H,19-23,25-26H2,1-2H3,(H,39,42)/t31-,32+,38-/m1/s1. The molecule has 0 spiro atoms. The molecule has 0 bridgehead atoms. The maximum Gasteiger partial charge on any atom is 0.250 e. The molecule has 2 amide bonds. The number of hydrogen-bond donors (Lipinski definition) is 1. The lowest BCUT2D eigenvalue weighted by molar-refractivity contribution is -0.150. The van der Waals surface area contributed by atoms with Crippen LogP contribution >= 0.6 is 0 Å². The smallest absolute Gasteiger partial charge is 0.250 e. The summed E-state index contributed by atoms with van der Waals surface area (Å²) in [5.74, 6) is 1.69. The lowest BCUT2D eigenvalue weighted by Gasteiger charge is -2.51. The minimum absolute atomic E-state index is 0.0495. The van der Waals surface area contributed by atoms with E-state index in [1.54, 1.807) is 26.4 Å². The van der Waals surface area contributed by atoms with E-state index in [0.717, 1.165) is 30.4 Å². The number of benzene rings is 4. The third kappa shape index (κ3) is 6.07. The molecular weight excluding hydrogens is 548 g/mol. The summed E-state index contributed by atoms with van der Waals surface area (Å²) in [6.07, 6.45) is 4.22. The summed E-state index contributed by atoms with van der Waals surface area (Å²) in [4.78, 5) is 31.2. The van der Waals surface area contributed by atoms with E-state index in [4.69, 9.17) is 9.47 Å². The van der Waals surface area contributed by atoms with Gasteiger partial charge in [0.25, 0.3) is 0 Å². The molecule has 4 aromatic carbocycles. The molecular formula is C38H40N2O4. The highest BCUT2D eigenvalue weighted by atomic mass is 16.5. The Morgan fingerprint density at radius 1 is 0.795 bits per heavy atom. The number of nitrogens with zero attached hydrogens (tertiary/aromatic N) is 1. The average Bonchev–Trinajstić information content (AvgIpc) is 3.07. The van der Waals surface area contributed by atoms with E-state index in [1.807, 2.05) is 71.6 Å². The van der Waals surface area contributed by atoms with E-state index in [9.17, 15) is 9.59 Å². The van der Waals surface area contributed by atoms with Gasteiger partial charge >= 0.3 is 0 Å². The number of methoxy groups -OCH3 is 2. The van der Waals surface area contributed by atoms with Gasteiger partial charge in [0.1, 0.15) is 17.0 Å². The van der Waals surface area contributed by atoms with Crippen LogP contribution in [0.4, 0.5) is 5.69 Å². The van der Waals surface area contributed by atoms with Gasteiger partial charge in [-0.3, -0.25) is 9.59 Å². The molecule has 3 atom stereocenters. The zero-order valence-electron chi connectivity index (χ0n) is 25.5. The van der Waals surface area contributed by atoms with Crippen LogP contribution in [0.5, 0.6) is 11.5 Å².